The zero-order chi connectivity index (χ0) is 12.3. The van der Waals surface area contributed by atoms with Crippen LogP contribution in [0.4, 0.5) is 0 Å². The van der Waals surface area contributed by atoms with E-state index in [0.29, 0.717) is 5.92 Å². The Hall–Kier alpha value is -1.17. The number of rotatable bonds is 6. The molecule has 1 aromatic heterocycles. The van der Waals surface area contributed by atoms with Crippen LogP contribution >= 0.6 is 0 Å². The molecule has 0 aliphatic heterocycles. The molecule has 0 saturated heterocycles. The van der Waals surface area contributed by atoms with Crippen molar-refractivity contribution < 1.29 is 9.47 Å². The molecule has 1 aliphatic rings. The fourth-order valence-corrected chi connectivity index (χ4v) is 2.12. The summed E-state index contributed by atoms with van der Waals surface area (Å²) in [6, 6.07) is 1.89. The summed E-state index contributed by atoms with van der Waals surface area (Å²) in [5, 5.41) is 0. The maximum Gasteiger partial charge on any atom is 0.137 e. The lowest BCUT2D eigenvalue weighted by Gasteiger charge is -2.25. The Morgan fingerprint density at radius 3 is 2.71 bits per heavy atom. The van der Waals surface area contributed by atoms with Gasteiger partial charge in [-0.1, -0.05) is 0 Å². The van der Waals surface area contributed by atoms with Crippen LogP contribution in [0.5, 0.6) is 5.75 Å². The van der Waals surface area contributed by atoms with E-state index < -0.39 is 0 Å². The fraction of sp³-hybridized carbons (Fsp3) is 0.583. The first-order chi connectivity index (χ1) is 8.30. The van der Waals surface area contributed by atoms with Gasteiger partial charge >= 0.3 is 0 Å². The van der Waals surface area contributed by atoms with Gasteiger partial charge in [-0.25, -0.2) is 0 Å². The number of aromatic nitrogens is 1. The molecule has 1 heterocycles. The highest BCUT2D eigenvalue weighted by Gasteiger charge is 2.37. The lowest BCUT2D eigenvalue weighted by Crippen LogP contribution is -2.38. The van der Waals surface area contributed by atoms with Gasteiger partial charge < -0.3 is 9.47 Å². The van der Waals surface area contributed by atoms with Crippen molar-refractivity contribution in [3.05, 3.63) is 24.0 Å². The van der Waals surface area contributed by atoms with Crippen LogP contribution in [0, 0.1) is 5.92 Å². The van der Waals surface area contributed by atoms with E-state index in [4.69, 9.17) is 15.3 Å². The molecule has 94 valence electrons. The molecule has 0 bridgehead atoms. The van der Waals surface area contributed by atoms with E-state index in [2.05, 4.69) is 10.4 Å². The molecule has 5 nitrogen and oxygen atoms in total. The number of hydrazine groups is 1. The summed E-state index contributed by atoms with van der Waals surface area (Å²) < 4.78 is 10.7. The summed E-state index contributed by atoms with van der Waals surface area (Å²) in [6.07, 6.45) is 5.97. The van der Waals surface area contributed by atoms with E-state index in [9.17, 15) is 0 Å². The van der Waals surface area contributed by atoms with E-state index in [0.717, 1.165) is 11.3 Å². The first-order valence-corrected chi connectivity index (χ1v) is 5.78. The van der Waals surface area contributed by atoms with Crippen molar-refractivity contribution in [2.24, 2.45) is 11.8 Å². The largest absolute Gasteiger partial charge is 0.495 e. The molecule has 0 aromatic carbocycles. The van der Waals surface area contributed by atoms with Gasteiger partial charge in [-0.3, -0.25) is 16.3 Å². The van der Waals surface area contributed by atoms with Crippen LogP contribution in [0.2, 0.25) is 0 Å². The summed E-state index contributed by atoms with van der Waals surface area (Å²) in [6.45, 7) is 0. The van der Waals surface area contributed by atoms with Crippen LogP contribution in [0.25, 0.3) is 0 Å². The van der Waals surface area contributed by atoms with Gasteiger partial charge in [-0.05, 0) is 30.4 Å². The summed E-state index contributed by atoms with van der Waals surface area (Å²) in [5.41, 5.74) is 3.81. The highest BCUT2D eigenvalue weighted by molar-refractivity contribution is 5.27. The predicted octanol–water partition coefficient (Wildman–Crippen LogP) is 1.02. The summed E-state index contributed by atoms with van der Waals surface area (Å²) >= 11 is 0. The van der Waals surface area contributed by atoms with Crippen LogP contribution in [-0.4, -0.2) is 25.3 Å². The quantitative estimate of drug-likeness (QED) is 0.571. The molecule has 5 heteroatoms. The topological polar surface area (TPSA) is 69.4 Å². The Balaban J connectivity index is 2.20. The highest BCUT2D eigenvalue weighted by Crippen LogP contribution is 2.39. The van der Waals surface area contributed by atoms with E-state index >= 15 is 0 Å². The third-order valence-corrected chi connectivity index (χ3v) is 3.20. The number of pyridine rings is 1. The van der Waals surface area contributed by atoms with Crippen molar-refractivity contribution >= 4 is 0 Å². The van der Waals surface area contributed by atoms with Crippen molar-refractivity contribution in [2.75, 3.05) is 14.2 Å². The number of hydrogen-bond acceptors (Lipinski definition) is 5. The van der Waals surface area contributed by atoms with Gasteiger partial charge in [-0.15, -0.1) is 0 Å². The molecule has 2 unspecified atom stereocenters. The van der Waals surface area contributed by atoms with Crippen LogP contribution in [-0.2, 0) is 4.74 Å². The second kappa shape index (κ2) is 5.44. The average molecular weight is 237 g/mol. The normalized spacial score (nSPS) is 18.8. The predicted molar refractivity (Wildman–Crippen MR) is 64.4 cm³/mol. The van der Waals surface area contributed by atoms with Gasteiger partial charge in [0.05, 0.1) is 25.5 Å². The Labute approximate surface area is 101 Å². The fourth-order valence-electron chi connectivity index (χ4n) is 2.12. The lowest BCUT2D eigenvalue weighted by molar-refractivity contribution is 0.0505. The molecule has 2 atom stereocenters. The molecule has 1 fully saturated rings. The number of nitrogens with zero attached hydrogens (tertiary/aromatic N) is 1. The SMILES string of the molecule is COc1cncc(C(NN)C(OC)C2CC2)c1. The molecular weight excluding hydrogens is 218 g/mol. The first-order valence-electron chi connectivity index (χ1n) is 5.78. The number of nitrogens with two attached hydrogens (primary N) is 1. The Morgan fingerprint density at radius 1 is 1.41 bits per heavy atom. The minimum atomic E-state index is -0.0462. The zero-order valence-electron chi connectivity index (χ0n) is 10.2. The van der Waals surface area contributed by atoms with Crippen molar-refractivity contribution in [3.63, 3.8) is 0 Å². The summed E-state index contributed by atoms with van der Waals surface area (Å²) in [4.78, 5) is 4.14. The second-order valence-electron chi connectivity index (χ2n) is 4.34. The number of nitrogens with one attached hydrogen (secondary N) is 1. The van der Waals surface area contributed by atoms with Crippen LogP contribution in [0.15, 0.2) is 18.5 Å². The second-order valence-corrected chi connectivity index (χ2v) is 4.34. The van der Waals surface area contributed by atoms with Crippen LogP contribution < -0.4 is 16.0 Å². The van der Waals surface area contributed by atoms with E-state index in [1.54, 1.807) is 26.6 Å². The molecule has 1 saturated carbocycles. The molecule has 3 N–H and O–H groups in total. The van der Waals surface area contributed by atoms with E-state index in [1.165, 1.54) is 12.8 Å². The minimum absolute atomic E-state index is 0.0462. The summed E-state index contributed by atoms with van der Waals surface area (Å²) in [5.74, 6) is 6.96. The number of hydrogen-bond donors (Lipinski definition) is 2. The van der Waals surface area contributed by atoms with Crippen molar-refractivity contribution in [1.82, 2.24) is 10.4 Å². The number of methoxy groups -OCH3 is 2. The van der Waals surface area contributed by atoms with Crippen molar-refractivity contribution in [1.29, 1.82) is 0 Å². The van der Waals surface area contributed by atoms with Crippen molar-refractivity contribution in [3.8, 4) is 5.75 Å². The molecule has 17 heavy (non-hydrogen) atoms. The maximum absolute atomic E-state index is 5.64. The molecule has 1 aliphatic carbocycles. The van der Waals surface area contributed by atoms with Gasteiger partial charge in [0.25, 0.3) is 0 Å². The van der Waals surface area contributed by atoms with Crippen molar-refractivity contribution in [2.45, 2.75) is 25.0 Å². The molecular formula is C12H19N3O2. The monoisotopic (exact) mass is 237 g/mol. The van der Waals surface area contributed by atoms with Gasteiger partial charge in [0.15, 0.2) is 0 Å². The molecule has 1 aromatic rings. The third-order valence-electron chi connectivity index (χ3n) is 3.20. The van der Waals surface area contributed by atoms with Gasteiger partial charge in [0, 0.05) is 13.3 Å². The average Bonchev–Trinajstić information content (AvgIpc) is 3.20. The van der Waals surface area contributed by atoms with Crippen LogP contribution in [0.1, 0.15) is 24.4 Å². The Bertz CT molecular complexity index is 369. The smallest absolute Gasteiger partial charge is 0.137 e. The van der Waals surface area contributed by atoms with E-state index in [-0.39, 0.29) is 12.1 Å². The highest BCUT2D eigenvalue weighted by atomic mass is 16.5. The standard InChI is InChI=1S/C12H19N3O2/c1-16-10-5-9(6-14-7-10)11(15-13)12(17-2)8-3-4-8/h5-8,11-12,15H,3-4,13H2,1-2H3. The van der Waals surface area contributed by atoms with Gasteiger partial charge in [0.2, 0.25) is 0 Å². The van der Waals surface area contributed by atoms with E-state index in [1.807, 2.05) is 6.07 Å². The maximum atomic E-state index is 5.64. The third kappa shape index (κ3) is 2.74. The Morgan fingerprint density at radius 2 is 2.18 bits per heavy atom. The van der Waals surface area contributed by atoms with Gasteiger partial charge in [-0.2, -0.15) is 0 Å². The lowest BCUT2D eigenvalue weighted by atomic mass is 10.00. The van der Waals surface area contributed by atoms with Crippen LogP contribution in [0.3, 0.4) is 0 Å². The summed E-state index contributed by atoms with van der Waals surface area (Å²) in [7, 11) is 3.35. The molecule has 0 amide bonds. The molecule has 0 radical (unpaired) electrons. The number of ether oxygens (including phenoxy) is 2. The molecule has 2 rings (SSSR count). The Kier molecular flexibility index (Phi) is 3.93. The van der Waals surface area contributed by atoms with Gasteiger partial charge in [0.1, 0.15) is 5.75 Å². The molecule has 0 spiro atoms. The zero-order valence-corrected chi connectivity index (χ0v) is 10.2. The minimum Gasteiger partial charge on any atom is -0.495 e. The first kappa shape index (κ1) is 12.3.